The van der Waals surface area contributed by atoms with Crippen LogP contribution in [0.5, 0.6) is 0 Å². The molecule has 0 bridgehead atoms. The Morgan fingerprint density at radius 3 is 2.54 bits per heavy atom. The number of aliphatic imine (C=N–C) groups is 1. The molecule has 1 amide bonds. The summed E-state index contributed by atoms with van der Waals surface area (Å²) in [7, 11) is 1.79. The molecule has 7 nitrogen and oxygen atoms in total. The predicted octanol–water partition coefficient (Wildman–Crippen LogP) is 2.12. The van der Waals surface area contributed by atoms with Crippen molar-refractivity contribution < 1.29 is 9.53 Å². The third kappa shape index (κ3) is 7.46. The fraction of sp³-hybridized carbons (Fsp3) is 0.889. The molecule has 8 heteroatoms. The number of carbonyl (C=O) groups is 1. The van der Waals surface area contributed by atoms with Crippen LogP contribution in [0.25, 0.3) is 0 Å². The summed E-state index contributed by atoms with van der Waals surface area (Å²) in [5.41, 5.74) is -0.445. The molecule has 2 aliphatic rings. The average molecular weight is 481 g/mol. The van der Waals surface area contributed by atoms with E-state index in [4.69, 9.17) is 4.74 Å². The number of hydrogen-bond acceptors (Lipinski definition) is 4. The summed E-state index contributed by atoms with van der Waals surface area (Å²) in [6, 6.07) is 0.234. The molecule has 26 heavy (non-hydrogen) atoms. The zero-order valence-corrected chi connectivity index (χ0v) is 19.2. The number of amides is 1. The van der Waals surface area contributed by atoms with Crippen LogP contribution in [-0.4, -0.2) is 79.8 Å². The van der Waals surface area contributed by atoms with Crippen LogP contribution in [0.15, 0.2) is 4.99 Å². The lowest BCUT2D eigenvalue weighted by Gasteiger charge is -2.40. The maximum Gasteiger partial charge on any atom is 0.410 e. The number of piperidine rings is 1. The van der Waals surface area contributed by atoms with Crippen LogP contribution < -0.4 is 10.6 Å². The number of guanidine groups is 1. The fourth-order valence-corrected chi connectivity index (χ4v) is 3.28. The standard InChI is InChI=1S/C18H35N5O2.HI/c1-6-22-9-7-8-14(11-22)10-20-16(19-5)21-15-12-23(13-15)17(24)25-18(2,3)4;/h14-15H,6-13H2,1-5H3,(H2,19,20,21);1H. The lowest BCUT2D eigenvalue weighted by Crippen LogP contribution is -2.63. The smallest absolute Gasteiger partial charge is 0.410 e. The summed E-state index contributed by atoms with van der Waals surface area (Å²) < 4.78 is 5.38. The van der Waals surface area contributed by atoms with E-state index in [9.17, 15) is 4.79 Å². The summed E-state index contributed by atoms with van der Waals surface area (Å²) in [6.07, 6.45) is 2.31. The summed E-state index contributed by atoms with van der Waals surface area (Å²) in [5.74, 6) is 1.49. The van der Waals surface area contributed by atoms with Gasteiger partial charge in [0.15, 0.2) is 5.96 Å². The van der Waals surface area contributed by atoms with Crippen LogP contribution in [0.4, 0.5) is 4.79 Å². The lowest BCUT2D eigenvalue weighted by molar-refractivity contribution is 0.00700. The van der Waals surface area contributed by atoms with Crippen molar-refractivity contribution in [2.24, 2.45) is 10.9 Å². The van der Waals surface area contributed by atoms with Gasteiger partial charge in [-0.2, -0.15) is 0 Å². The van der Waals surface area contributed by atoms with Gasteiger partial charge in [-0.3, -0.25) is 4.99 Å². The molecule has 1 atom stereocenters. The molecule has 2 aliphatic heterocycles. The number of carbonyl (C=O) groups excluding carboxylic acids is 1. The highest BCUT2D eigenvalue weighted by Gasteiger charge is 2.34. The van der Waals surface area contributed by atoms with E-state index < -0.39 is 5.60 Å². The Bertz CT molecular complexity index is 475. The van der Waals surface area contributed by atoms with Crippen LogP contribution in [0.1, 0.15) is 40.5 Å². The lowest BCUT2D eigenvalue weighted by atomic mass is 9.98. The highest BCUT2D eigenvalue weighted by molar-refractivity contribution is 14.0. The molecule has 0 aromatic rings. The maximum atomic E-state index is 12.0. The molecule has 2 N–H and O–H groups in total. The van der Waals surface area contributed by atoms with Crippen molar-refractivity contribution in [1.29, 1.82) is 0 Å². The van der Waals surface area contributed by atoms with Gasteiger partial charge in [0.25, 0.3) is 0 Å². The number of nitrogens with zero attached hydrogens (tertiary/aromatic N) is 3. The predicted molar refractivity (Wildman–Crippen MR) is 116 cm³/mol. The highest BCUT2D eigenvalue weighted by Crippen LogP contribution is 2.16. The van der Waals surface area contributed by atoms with E-state index in [-0.39, 0.29) is 36.1 Å². The van der Waals surface area contributed by atoms with Gasteiger partial charge in [-0.25, -0.2) is 4.79 Å². The van der Waals surface area contributed by atoms with Gasteiger partial charge in [0.2, 0.25) is 0 Å². The molecule has 0 saturated carbocycles. The number of halogens is 1. The van der Waals surface area contributed by atoms with Gasteiger partial charge in [-0.15, -0.1) is 24.0 Å². The van der Waals surface area contributed by atoms with Gasteiger partial charge < -0.3 is 25.2 Å². The second-order valence-electron chi connectivity index (χ2n) is 8.08. The minimum Gasteiger partial charge on any atom is -0.444 e. The molecule has 0 aromatic carbocycles. The second-order valence-corrected chi connectivity index (χ2v) is 8.08. The zero-order valence-electron chi connectivity index (χ0n) is 16.9. The third-order valence-corrected chi connectivity index (χ3v) is 4.71. The minimum absolute atomic E-state index is 0. The van der Waals surface area contributed by atoms with Crippen LogP contribution in [0.3, 0.4) is 0 Å². The molecule has 2 heterocycles. The van der Waals surface area contributed by atoms with Gasteiger partial charge in [0, 0.05) is 33.2 Å². The Hall–Kier alpha value is -0.770. The van der Waals surface area contributed by atoms with Gasteiger partial charge in [0.1, 0.15) is 5.60 Å². The van der Waals surface area contributed by atoms with E-state index >= 15 is 0 Å². The monoisotopic (exact) mass is 481 g/mol. The van der Waals surface area contributed by atoms with Crippen LogP contribution in [0.2, 0.25) is 0 Å². The number of rotatable bonds is 4. The van der Waals surface area contributed by atoms with Crippen LogP contribution in [0, 0.1) is 5.92 Å². The van der Waals surface area contributed by atoms with Gasteiger partial charge in [0.05, 0.1) is 6.04 Å². The molecule has 0 aliphatic carbocycles. The van der Waals surface area contributed by atoms with Crippen molar-refractivity contribution in [3.63, 3.8) is 0 Å². The minimum atomic E-state index is -0.445. The van der Waals surface area contributed by atoms with Crippen molar-refractivity contribution in [3.05, 3.63) is 0 Å². The topological polar surface area (TPSA) is 69.2 Å². The zero-order chi connectivity index (χ0) is 18.4. The average Bonchev–Trinajstić information content (AvgIpc) is 2.51. The summed E-state index contributed by atoms with van der Waals surface area (Å²) in [6.45, 7) is 13.7. The molecule has 0 spiro atoms. The molecule has 0 aromatic heterocycles. The molecular weight excluding hydrogens is 445 g/mol. The first-order chi connectivity index (χ1) is 11.8. The van der Waals surface area contributed by atoms with Crippen molar-refractivity contribution >= 4 is 36.0 Å². The van der Waals surface area contributed by atoms with Crippen LogP contribution in [-0.2, 0) is 4.74 Å². The first-order valence-corrected chi connectivity index (χ1v) is 9.48. The highest BCUT2D eigenvalue weighted by atomic mass is 127. The largest absolute Gasteiger partial charge is 0.444 e. The SMILES string of the molecule is CCN1CCCC(CNC(=NC)NC2CN(C(=O)OC(C)(C)C)C2)C1.I. The van der Waals surface area contributed by atoms with E-state index in [0.717, 1.165) is 25.6 Å². The van der Waals surface area contributed by atoms with Gasteiger partial charge in [-0.05, 0) is 52.6 Å². The molecule has 1 unspecified atom stereocenters. The Morgan fingerprint density at radius 2 is 1.96 bits per heavy atom. The van der Waals surface area contributed by atoms with Crippen molar-refractivity contribution in [3.8, 4) is 0 Å². The third-order valence-electron chi connectivity index (χ3n) is 4.71. The number of nitrogens with one attached hydrogen (secondary N) is 2. The summed E-state index contributed by atoms with van der Waals surface area (Å²) >= 11 is 0. The van der Waals surface area contributed by atoms with E-state index in [2.05, 4.69) is 27.4 Å². The van der Waals surface area contributed by atoms with Crippen molar-refractivity contribution in [2.75, 3.05) is 46.3 Å². The molecule has 2 rings (SSSR count). The normalized spacial score (nSPS) is 22.3. The van der Waals surface area contributed by atoms with Crippen molar-refractivity contribution in [1.82, 2.24) is 20.4 Å². The Balaban J connectivity index is 0.00000338. The van der Waals surface area contributed by atoms with Gasteiger partial charge in [-0.1, -0.05) is 6.92 Å². The summed E-state index contributed by atoms with van der Waals surface area (Å²) in [4.78, 5) is 20.5. The van der Waals surface area contributed by atoms with Gasteiger partial charge >= 0.3 is 6.09 Å². The molecule has 2 fully saturated rings. The second kappa shape index (κ2) is 10.5. The fourth-order valence-electron chi connectivity index (χ4n) is 3.28. The summed E-state index contributed by atoms with van der Waals surface area (Å²) in [5, 5.41) is 6.83. The molecule has 0 radical (unpaired) electrons. The number of ether oxygens (including phenoxy) is 1. The van der Waals surface area contributed by atoms with E-state index in [1.165, 1.54) is 19.4 Å². The van der Waals surface area contributed by atoms with E-state index in [1.54, 1.807) is 11.9 Å². The van der Waals surface area contributed by atoms with E-state index in [0.29, 0.717) is 19.0 Å². The van der Waals surface area contributed by atoms with Crippen LogP contribution >= 0.6 is 24.0 Å². The number of likely N-dealkylation sites (tertiary alicyclic amines) is 2. The molecule has 2 saturated heterocycles. The Kier molecular flexibility index (Phi) is 9.43. The molecule has 152 valence electrons. The maximum absolute atomic E-state index is 12.0. The van der Waals surface area contributed by atoms with Crippen molar-refractivity contribution in [2.45, 2.75) is 52.2 Å². The quantitative estimate of drug-likeness (QED) is 0.366. The Labute approximate surface area is 175 Å². The number of hydrogen-bond donors (Lipinski definition) is 2. The first kappa shape index (κ1) is 23.3. The first-order valence-electron chi connectivity index (χ1n) is 9.48. The Morgan fingerprint density at radius 1 is 1.27 bits per heavy atom. The molecular formula is C18H36IN5O2. The van der Waals surface area contributed by atoms with E-state index in [1.807, 2.05) is 20.8 Å².